The molecule has 0 aliphatic heterocycles. The van der Waals surface area contributed by atoms with Crippen molar-refractivity contribution in [3.05, 3.63) is 113 Å². The fraction of sp³-hybridized carbons (Fsp3) is 0.292. The van der Waals surface area contributed by atoms with Crippen molar-refractivity contribution in [3.8, 4) is 22.3 Å². The third-order valence-corrected chi connectivity index (χ3v) is 14.9. The van der Waals surface area contributed by atoms with Gasteiger partial charge in [0, 0.05) is 48.9 Å². The molecule has 0 atom stereocenters. The molecule has 5 aromatic heterocycles. The molecule has 0 spiro atoms. The first-order chi connectivity index (χ1) is 25.0. The van der Waals surface area contributed by atoms with E-state index >= 15 is 0 Å². The van der Waals surface area contributed by atoms with E-state index in [1.807, 2.05) is 0 Å². The zero-order chi connectivity index (χ0) is 34.8. The van der Waals surface area contributed by atoms with Crippen molar-refractivity contribution in [2.45, 2.75) is 88.9 Å². The number of pyridine rings is 2. The molecule has 5 heterocycles. The zero-order valence-corrected chi connectivity index (χ0v) is 30.6. The van der Waals surface area contributed by atoms with Gasteiger partial charge in [0.25, 0.3) is 0 Å². The van der Waals surface area contributed by atoms with Crippen LogP contribution in [0, 0.1) is 0 Å². The fourth-order valence-corrected chi connectivity index (χ4v) is 11.9. The highest BCUT2D eigenvalue weighted by molar-refractivity contribution is 6.36. The van der Waals surface area contributed by atoms with E-state index in [1.54, 1.807) is 5.56 Å². The summed E-state index contributed by atoms with van der Waals surface area (Å²) >= 11 is 0. The number of rotatable bonds is 0. The summed E-state index contributed by atoms with van der Waals surface area (Å²) in [5, 5.41) is 7.49. The summed E-state index contributed by atoms with van der Waals surface area (Å²) in [5.74, 6) is 0. The highest BCUT2D eigenvalue weighted by Crippen LogP contribution is 2.60. The van der Waals surface area contributed by atoms with Crippen LogP contribution in [0.1, 0.15) is 101 Å². The van der Waals surface area contributed by atoms with Crippen LogP contribution in [-0.2, 0) is 21.7 Å². The molecule has 252 valence electrons. The van der Waals surface area contributed by atoms with Gasteiger partial charge in [0.15, 0.2) is 0 Å². The van der Waals surface area contributed by atoms with Gasteiger partial charge in [-0.15, -0.1) is 0 Å². The Morgan fingerprint density at radius 1 is 0.558 bits per heavy atom. The van der Waals surface area contributed by atoms with Crippen LogP contribution in [0.15, 0.2) is 83.5 Å². The Morgan fingerprint density at radius 3 is 1.71 bits per heavy atom. The standard InChI is InChI=1S/C48H39N3O/c1-45(2)29-13-9-7-11-24(29)37-36-28-19-27-26-20-31-32(48(6)17-15-47(31,5)16-18-48)21-35(26)52-42(27)40-39-34(51(41(28)40)33(36)22-49-43(37)45)23-50-44-38(39)25-12-8-10-14-30(25)46(44,3)4/h7-14,19-23H,15-18H2,1-6H3. The van der Waals surface area contributed by atoms with Crippen molar-refractivity contribution in [2.75, 3.05) is 0 Å². The Hall–Kier alpha value is -5.22. The highest BCUT2D eigenvalue weighted by atomic mass is 16.3. The van der Waals surface area contributed by atoms with Gasteiger partial charge in [0.05, 0.1) is 45.7 Å². The number of hydrogen-bond donors (Lipinski definition) is 0. The van der Waals surface area contributed by atoms with Crippen molar-refractivity contribution in [2.24, 2.45) is 0 Å². The maximum Gasteiger partial charge on any atom is 0.145 e. The summed E-state index contributed by atoms with van der Waals surface area (Å²) in [6.07, 6.45) is 9.31. The summed E-state index contributed by atoms with van der Waals surface area (Å²) in [5.41, 5.74) is 18.7. The topological polar surface area (TPSA) is 43.3 Å². The number of fused-ring (bicyclic) bond motifs is 20. The number of furan rings is 1. The second kappa shape index (κ2) is 8.36. The van der Waals surface area contributed by atoms with Crippen molar-refractivity contribution in [1.29, 1.82) is 0 Å². The molecule has 9 aromatic rings. The molecule has 4 heteroatoms. The van der Waals surface area contributed by atoms with Gasteiger partial charge in [0.1, 0.15) is 11.2 Å². The Bertz CT molecular complexity index is 3160. The molecule has 0 radical (unpaired) electrons. The second-order valence-electron chi connectivity index (χ2n) is 18.3. The van der Waals surface area contributed by atoms with Crippen LogP contribution in [0.3, 0.4) is 0 Å². The van der Waals surface area contributed by atoms with Crippen molar-refractivity contribution >= 4 is 60.0 Å². The van der Waals surface area contributed by atoms with Crippen LogP contribution in [0.4, 0.5) is 0 Å². The lowest BCUT2D eigenvalue weighted by atomic mass is 9.52. The Morgan fingerprint density at radius 2 is 1.10 bits per heavy atom. The molecule has 1 fully saturated rings. The van der Waals surface area contributed by atoms with Gasteiger partial charge in [-0.3, -0.25) is 9.97 Å². The average molecular weight is 674 g/mol. The van der Waals surface area contributed by atoms with Gasteiger partial charge in [-0.05, 0) is 88.1 Å². The van der Waals surface area contributed by atoms with Crippen LogP contribution in [-0.4, -0.2) is 14.4 Å². The molecule has 0 N–H and O–H groups in total. The SMILES string of the molecule is CC12CCC(C)(CC1)c1cc3c(cc12)oc1c3cc2c3c4c(ncc3n3c5cnc6c(c5c1c23)-c1ccccc1C6(C)C)C(C)(C)c1ccccc1-4. The summed E-state index contributed by atoms with van der Waals surface area (Å²) in [4.78, 5) is 10.6. The lowest BCUT2D eigenvalue weighted by Gasteiger charge is -2.52. The molecule has 0 amide bonds. The van der Waals surface area contributed by atoms with E-state index in [0.29, 0.717) is 0 Å². The van der Waals surface area contributed by atoms with E-state index in [0.717, 1.165) is 33.6 Å². The normalized spacial score (nSPS) is 23.3. The molecular formula is C48H39N3O. The number of hydrogen-bond acceptors (Lipinski definition) is 3. The molecular weight excluding hydrogens is 635 g/mol. The predicted molar refractivity (Wildman–Crippen MR) is 212 cm³/mol. The minimum absolute atomic E-state index is 0.187. The Balaban J connectivity index is 1.29. The van der Waals surface area contributed by atoms with Crippen LogP contribution in [0.25, 0.3) is 82.3 Å². The largest absolute Gasteiger partial charge is 0.455 e. The van der Waals surface area contributed by atoms with Gasteiger partial charge >= 0.3 is 0 Å². The number of aromatic nitrogens is 3. The first-order valence-electron chi connectivity index (χ1n) is 19.2. The van der Waals surface area contributed by atoms with Crippen molar-refractivity contribution in [1.82, 2.24) is 14.4 Å². The van der Waals surface area contributed by atoms with Gasteiger partial charge in [-0.1, -0.05) is 90.1 Å². The van der Waals surface area contributed by atoms with E-state index in [-0.39, 0.29) is 21.7 Å². The Kier molecular flexibility index (Phi) is 4.56. The third-order valence-electron chi connectivity index (χ3n) is 14.9. The molecule has 52 heavy (non-hydrogen) atoms. The predicted octanol–water partition coefficient (Wildman–Crippen LogP) is 12.2. The molecule has 5 aliphatic rings. The third kappa shape index (κ3) is 2.88. The number of benzene rings is 4. The average Bonchev–Trinajstić information content (AvgIpc) is 3.89. The quantitative estimate of drug-likeness (QED) is 0.161. The van der Waals surface area contributed by atoms with Crippen LogP contribution >= 0.6 is 0 Å². The van der Waals surface area contributed by atoms with Gasteiger partial charge < -0.3 is 8.82 Å². The molecule has 0 unspecified atom stereocenters. The minimum Gasteiger partial charge on any atom is -0.455 e. The molecule has 5 aliphatic carbocycles. The first kappa shape index (κ1) is 28.4. The lowest BCUT2D eigenvalue weighted by molar-refractivity contribution is 0.188. The first-order valence-corrected chi connectivity index (χ1v) is 19.2. The second-order valence-corrected chi connectivity index (χ2v) is 18.3. The Labute approximate surface area is 301 Å². The summed E-state index contributed by atoms with van der Waals surface area (Å²) in [6.45, 7) is 14.3. The van der Waals surface area contributed by atoms with E-state index in [2.05, 4.69) is 125 Å². The minimum atomic E-state index is -0.206. The number of nitrogens with zero attached hydrogens (tertiary/aromatic N) is 3. The van der Waals surface area contributed by atoms with E-state index < -0.39 is 0 Å². The molecule has 4 nitrogen and oxygen atoms in total. The van der Waals surface area contributed by atoms with E-state index in [9.17, 15) is 0 Å². The monoisotopic (exact) mass is 673 g/mol. The molecule has 2 bridgehead atoms. The van der Waals surface area contributed by atoms with Gasteiger partial charge in [0.2, 0.25) is 0 Å². The molecule has 0 saturated heterocycles. The summed E-state index contributed by atoms with van der Waals surface area (Å²) in [7, 11) is 0. The molecule has 4 aromatic carbocycles. The van der Waals surface area contributed by atoms with Gasteiger partial charge in [-0.25, -0.2) is 0 Å². The lowest BCUT2D eigenvalue weighted by Crippen LogP contribution is -2.44. The van der Waals surface area contributed by atoms with Gasteiger partial charge in [-0.2, -0.15) is 0 Å². The van der Waals surface area contributed by atoms with Crippen LogP contribution in [0.5, 0.6) is 0 Å². The summed E-state index contributed by atoms with van der Waals surface area (Å²) in [6, 6.07) is 25.3. The maximum atomic E-state index is 7.25. The van der Waals surface area contributed by atoms with E-state index in [1.165, 1.54) is 102 Å². The summed E-state index contributed by atoms with van der Waals surface area (Å²) < 4.78 is 9.72. The van der Waals surface area contributed by atoms with Crippen molar-refractivity contribution < 1.29 is 4.42 Å². The van der Waals surface area contributed by atoms with E-state index in [4.69, 9.17) is 14.4 Å². The molecule has 1 saturated carbocycles. The highest BCUT2D eigenvalue weighted by Gasteiger charge is 2.48. The molecule has 14 rings (SSSR count). The smallest absolute Gasteiger partial charge is 0.145 e. The van der Waals surface area contributed by atoms with Crippen LogP contribution in [0.2, 0.25) is 0 Å². The maximum absolute atomic E-state index is 7.25. The zero-order valence-electron chi connectivity index (χ0n) is 30.6. The van der Waals surface area contributed by atoms with Crippen LogP contribution < -0.4 is 0 Å². The van der Waals surface area contributed by atoms with Crippen molar-refractivity contribution in [3.63, 3.8) is 0 Å². The fourth-order valence-electron chi connectivity index (χ4n) is 11.9.